The molecule has 0 saturated carbocycles. The zero-order chi connectivity index (χ0) is 8.73. The van der Waals surface area contributed by atoms with Gasteiger partial charge in [-0.15, -0.1) is 0 Å². The maximum atomic E-state index is 9.34. The van der Waals surface area contributed by atoms with Crippen molar-refractivity contribution in [1.82, 2.24) is 0 Å². The summed E-state index contributed by atoms with van der Waals surface area (Å²) >= 11 is 0. The van der Waals surface area contributed by atoms with E-state index in [0.717, 1.165) is 13.8 Å². The van der Waals surface area contributed by atoms with Gasteiger partial charge < -0.3 is 20.1 Å². The second kappa shape index (κ2) is 9.90. The van der Waals surface area contributed by atoms with Gasteiger partial charge in [0.1, 0.15) is 0 Å². The fourth-order valence-electron chi connectivity index (χ4n) is 0. The number of rotatable bonds is 1. The molecule has 6 heteroatoms. The van der Waals surface area contributed by atoms with Crippen LogP contribution in [0.15, 0.2) is 0 Å². The first-order valence-corrected chi connectivity index (χ1v) is 2.46. The van der Waals surface area contributed by atoms with Crippen molar-refractivity contribution in [2.24, 2.45) is 0 Å². The van der Waals surface area contributed by atoms with Crippen LogP contribution in [0.1, 0.15) is 13.8 Å². The van der Waals surface area contributed by atoms with Gasteiger partial charge >= 0.3 is 29.6 Å². The molecule has 1 unspecified atom stereocenters. The molecule has 0 fully saturated rings. The summed E-state index contributed by atoms with van der Waals surface area (Å²) in [7, 11) is 0. The van der Waals surface area contributed by atoms with E-state index in [4.69, 9.17) is 15.0 Å². The Hall–Kier alpha value is -0.100. The average molecular weight is 172 g/mol. The molecule has 0 aliphatic carbocycles. The maximum absolute atomic E-state index is 9.34. The summed E-state index contributed by atoms with van der Waals surface area (Å²) in [5, 5.41) is 24.7. The molecule has 2 N–H and O–H groups in total. The van der Waals surface area contributed by atoms with E-state index < -0.39 is 18.0 Å². The predicted octanol–water partition coefficient (Wildman–Crippen LogP) is -4.79. The van der Waals surface area contributed by atoms with Gasteiger partial charge in [0.2, 0.25) is 0 Å². The number of carbonyl (C=O) groups is 2. The molecule has 0 aliphatic heterocycles. The van der Waals surface area contributed by atoms with E-state index >= 15 is 0 Å². The minimum absolute atomic E-state index is 0. The Bertz CT molecular complexity index is 118. The van der Waals surface area contributed by atoms with Crippen molar-refractivity contribution in [2.75, 3.05) is 0 Å². The van der Waals surface area contributed by atoms with Gasteiger partial charge in [-0.05, 0) is 6.92 Å². The van der Waals surface area contributed by atoms with Crippen LogP contribution in [0.2, 0.25) is 0 Å². The predicted molar refractivity (Wildman–Crippen MR) is 30.0 cm³/mol. The number of aliphatic hydroxyl groups excluding tert-OH is 1. The molecule has 0 aromatic carbocycles. The summed E-state index contributed by atoms with van der Waals surface area (Å²) in [6, 6.07) is 0. The minimum Gasteiger partial charge on any atom is -0.547 e. The monoisotopic (exact) mass is 172 g/mol. The molecule has 0 saturated heterocycles. The molecular formula is C5H9NaO5. The summed E-state index contributed by atoms with van der Waals surface area (Å²) in [6.07, 6.45) is -1.34. The van der Waals surface area contributed by atoms with Gasteiger partial charge in [0, 0.05) is 6.92 Å². The number of aliphatic carboxylic acids is 2. The fourth-order valence-corrected chi connectivity index (χ4v) is 0. The largest absolute Gasteiger partial charge is 1.00 e. The zero-order valence-corrected chi connectivity index (χ0v) is 8.70. The van der Waals surface area contributed by atoms with E-state index in [0.29, 0.717) is 0 Å². The smallest absolute Gasteiger partial charge is 0.547 e. The third-order valence-corrected chi connectivity index (χ3v) is 0.341. The standard InChI is InChI=1S/C3H6O3.C2H4O2.Na/c1-2(4)3(5)6;1-2(3)4;/h2,4H,1H3,(H,5,6);1H3,(H,3,4);/q;;+1/p-1. The van der Waals surface area contributed by atoms with Crippen molar-refractivity contribution in [3.05, 3.63) is 0 Å². The third-order valence-electron chi connectivity index (χ3n) is 0.341. The van der Waals surface area contributed by atoms with Gasteiger partial charge in [-0.3, -0.25) is 4.79 Å². The first-order chi connectivity index (χ1) is 4.37. The van der Waals surface area contributed by atoms with Crippen LogP contribution in [0.3, 0.4) is 0 Å². The molecule has 0 aromatic rings. The van der Waals surface area contributed by atoms with Gasteiger partial charge in [0.05, 0.1) is 12.1 Å². The van der Waals surface area contributed by atoms with Crippen LogP contribution in [-0.2, 0) is 9.59 Å². The molecule has 0 radical (unpaired) electrons. The SMILES string of the molecule is CC(=O)O.CC(O)C(=O)[O-].[Na+]. The van der Waals surface area contributed by atoms with Gasteiger partial charge in [-0.25, -0.2) is 0 Å². The summed E-state index contributed by atoms with van der Waals surface area (Å²) < 4.78 is 0. The molecule has 0 aliphatic rings. The molecule has 5 nitrogen and oxygen atoms in total. The molecule has 60 valence electrons. The Balaban J connectivity index is -0.000000114. The Morgan fingerprint density at radius 2 is 1.55 bits per heavy atom. The Labute approximate surface area is 86.3 Å². The van der Waals surface area contributed by atoms with Crippen molar-refractivity contribution in [1.29, 1.82) is 0 Å². The molecule has 0 spiro atoms. The number of carboxylic acids is 2. The topological polar surface area (TPSA) is 97.7 Å². The van der Waals surface area contributed by atoms with Crippen LogP contribution in [-0.4, -0.2) is 28.3 Å². The van der Waals surface area contributed by atoms with Crippen LogP contribution in [0.5, 0.6) is 0 Å². The van der Waals surface area contributed by atoms with Crippen molar-refractivity contribution >= 4 is 11.9 Å². The Morgan fingerprint density at radius 3 is 1.55 bits per heavy atom. The minimum atomic E-state index is -1.44. The van der Waals surface area contributed by atoms with Gasteiger partial charge in [-0.2, -0.15) is 0 Å². The molecule has 0 heterocycles. The first-order valence-electron chi connectivity index (χ1n) is 2.46. The van der Waals surface area contributed by atoms with E-state index in [1.54, 1.807) is 0 Å². The van der Waals surface area contributed by atoms with Gasteiger partial charge in [0.25, 0.3) is 5.97 Å². The average Bonchev–Trinajstić information content (AvgIpc) is 1.63. The van der Waals surface area contributed by atoms with E-state index in [-0.39, 0.29) is 29.6 Å². The summed E-state index contributed by atoms with van der Waals surface area (Å²) in [5.41, 5.74) is 0. The third kappa shape index (κ3) is 40.6. The van der Waals surface area contributed by atoms with Crippen molar-refractivity contribution in [2.45, 2.75) is 20.0 Å². The Morgan fingerprint density at radius 1 is 1.45 bits per heavy atom. The molecule has 0 rings (SSSR count). The summed E-state index contributed by atoms with van der Waals surface area (Å²) in [5.74, 6) is -2.27. The quantitative estimate of drug-likeness (QED) is 0.387. The van der Waals surface area contributed by atoms with E-state index in [2.05, 4.69) is 0 Å². The number of hydrogen-bond acceptors (Lipinski definition) is 4. The first kappa shape index (κ1) is 17.1. The van der Waals surface area contributed by atoms with Crippen molar-refractivity contribution < 1.29 is 54.5 Å². The van der Waals surface area contributed by atoms with Gasteiger partial charge in [-0.1, -0.05) is 0 Å². The molecule has 0 bridgehead atoms. The summed E-state index contributed by atoms with van der Waals surface area (Å²) in [6.45, 7) is 2.22. The molecular weight excluding hydrogens is 163 g/mol. The van der Waals surface area contributed by atoms with Crippen molar-refractivity contribution in [3.8, 4) is 0 Å². The van der Waals surface area contributed by atoms with Crippen LogP contribution in [0, 0.1) is 0 Å². The normalized spacial score (nSPS) is 9.73. The maximum Gasteiger partial charge on any atom is 1.00 e. The number of carbonyl (C=O) groups excluding carboxylic acids is 1. The molecule has 11 heavy (non-hydrogen) atoms. The van der Waals surface area contributed by atoms with Gasteiger partial charge in [0.15, 0.2) is 0 Å². The van der Waals surface area contributed by atoms with Crippen LogP contribution in [0.25, 0.3) is 0 Å². The van der Waals surface area contributed by atoms with E-state index in [9.17, 15) is 9.90 Å². The van der Waals surface area contributed by atoms with Crippen molar-refractivity contribution in [3.63, 3.8) is 0 Å². The fraction of sp³-hybridized carbons (Fsp3) is 0.600. The second-order valence-electron chi connectivity index (χ2n) is 1.51. The zero-order valence-electron chi connectivity index (χ0n) is 6.70. The number of hydrogen-bond donors (Lipinski definition) is 2. The van der Waals surface area contributed by atoms with E-state index in [1.807, 2.05) is 0 Å². The van der Waals surface area contributed by atoms with Crippen LogP contribution < -0.4 is 34.7 Å². The molecule has 1 atom stereocenters. The molecule has 0 amide bonds. The summed E-state index contributed by atoms with van der Waals surface area (Å²) in [4.78, 5) is 18.3. The second-order valence-corrected chi connectivity index (χ2v) is 1.51. The number of carboxylic acid groups (broad SMARTS) is 2. The van der Waals surface area contributed by atoms with Crippen LogP contribution >= 0.6 is 0 Å². The Kier molecular flexibility index (Phi) is 15.4. The van der Waals surface area contributed by atoms with Crippen LogP contribution in [0.4, 0.5) is 0 Å². The van der Waals surface area contributed by atoms with E-state index in [1.165, 1.54) is 0 Å². The number of aliphatic hydroxyl groups is 1. The molecule has 0 aromatic heterocycles.